The van der Waals surface area contributed by atoms with Gasteiger partial charge in [0, 0.05) is 21.1 Å². The van der Waals surface area contributed by atoms with Crippen LogP contribution in [0.1, 0.15) is 5.56 Å². The summed E-state index contributed by atoms with van der Waals surface area (Å²) in [7, 11) is 1.87. The van der Waals surface area contributed by atoms with Crippen LogP contribution in [0.2, 0.25) is 10.0 Å². The molecule has 0 saturated heterocycles. The van der Waals surface area contributed by atoms with E-state index in [0.29, 0.717) is 16.6 Å². The summed E-state index contributed by atoms with van der Waals surface area (Å²) in [6.07, 6.45) is 0. The first kappa shape index (κ1) is 17.3. The third-order valence-electron chi connectivity index (χ3n) is 3.02. The Morgan fingerprint density at radius 1 is 1.23 bits per heavy atom. The molecular formula is C16H15BrCl2N2O. The minimum Gasteiger partial charge on any atom is -0.324 e. The fourth-order valence-corrected chi connectivity index (χ4v) is 2.85. The summed E-state index contributed by atoms with van der Waals surface area (Å²) in [5.41, 5.74) is 1.69. The van der Waals surface area contributed by atoms with Crippen molar-refractivity contribution >= 4 is 50.7 Å². The van der Waals surface area contributed by atoms with Crippen LogP contribution in [0.5, 0.6) is 0 Å². The van der Waals surface area contributed by atoms with Gasteiger partial charge in [-0.05, 0) is 52.8 Å². The molecule has 0 saturated carbocycles. The van der Waals surface area contributed by atoms with E-state index in [9.17, 15) is 4.79 Å². The Labute approximate surface area is 148 Å². The lowest BCUT2D eigenvalue weighted by Gasteiger charge is -2.17. The molecule has 0 radical (unpaired) electrons. The maximum absolute atomic E-state index is 12.1. The predicted molar refractivity (Wildman–Crippen MR) is 95.6 cm³/mol. The molecule has 2 rings (SSSR count). The molecule has 2 aromatic rings. The molecule has 2 aromatic carbocycles. The van der Waals surface area contributed by atoms with Gasteiger partial charge in [0.1, 0.15) is 0 Å². The predicted octanol–water partition coefficient (Wildman–Crippen LogP) is 4.83. The number of halogens is 3. The van der Waals surface area contributed by atoms with E-state index in [1.165, 1.54) is 0 Å². The summed E-state index contributed by atoms with van der Waals surface area (Å²) in [6.45, 7) is 0.833. The molecule has 1 amide bonds. The highest BCUT2D eigenvalue weighted by atomic mass is 79.9. The standard InChI is InChI=1S/C16H15BrCl2N2O/c1-21(9-11-6-7-12(18)8-14(11)19)10-16(22)20-15-5-3-2-4-13(15)17/h2-8H,9-10H2,1H3,(H,20,22). The number of likely N-dealkylation sites (N-methyl/N-ethyl adjacent to an activating group) is 1. The van der Waals surface area contributed by atoms with E-state index < -0.39 is 0 Å². The second-order valence-electron chi connectivity index (χ2n) is 4.94. The smallest absolute Gasteiger partial charge is 0.238 e. The number of carbonyl (C=O) groups is 1. The Morgan fingerprint density at radius 3 is 2.64 bits per heavy atom. The zero-order valence-corrected chi connectivity index (χ0v) is 15.0. The number of carbonyl (C=O) groups excluding carboxylic acids is 1. The van der Waals surface area contributed by atoms with Crippen molar-refractivity contribution in [3.8, 4) is 0 Å². The molecule has 0 aromatic heterocycles. The van der Waals surface area contributed by atoms with Crippen LogP contribution in [0.4, 0.5) is 5.69 Å². The Morgan fingerprint density at radius 2 is 1.95 bits per heavy atom. The van der Waals surface area contributed by atoms with E-state index in [1.54, 1.807) is 12.1 Å². The molecule has 0 atom stereocenters. The molecule has 0 heterocycles. The summed E-state index contributed by atoms with van der Waals surface area (Å²) >= 11 is 15.4. The number of anilines is 1. The van der Waals surface area contributed by atoms with E-state index in [1.807, 2.05) is 42.3 Å². The number of nitrogens with zero attached hydrogens (tertiary/aromatic N) is 1. The van der Waals surface area contributed by atoms with Gasteiger partial charge in [-0.1, -0.05) is 41.4 Å². The lowest BCUT2D eigenvalue weighted by atomic mass is 10.2. The van der Waals surface area contributed by atoms with Gasteiger partial charge in [-0.2, -0.15) is 0 Å². The quantitative estimate of drug-likeness (QED) is 0.778. The van der Waals surface area contributed by atoms with E-state index in [0.717, 1.165) is 15.7 Å². The molecule has 22 heavy (non-hydrogen) atoms. The first-order valence-electron chi connectivity index (χ1n) is 6.62. The summed E-state index contributed by atoms with van der Waals surface area (Å²) in [6, 6.07) is 12.9. The highest BCUT2D eigenvalue weighted by Gasteiger charge is 2.10. The average Bonchev–Trinajstić information content (AvgIpc) is 2.44. The number of rotatable bonds is 5. The number of benzene rings is 2. The Balaban J connectivity index is 1.92. The minimum absolute atomic E-state index is 0.0838. The first-order valence-corrected chi connectivity index (χ1v) is 8.17. The van der Waals surface area contributed by atoms with Gasteiger partial charge in [0.2, 0.25) is 5.91 Å². The van der Waals surface area contributed by atoms with E-state index in [4.69, 9.17) is 23.2 Å². The van der Waals surface area contributed by atoms with Crippen LogP contribution >= 0.6 is 39.1 Å². The van der Waals surface area contributed by atoms with Crippen LogP contribution in [-0.4, -0.2) is 24.4 Å². The van der Waals surface area contributed by atoms with Crippen molar-refractivity contribution in [2.45, 2.75) is 6.54 Å². The van der Waals surface area contributed by atoms with Crippen molar-refractivity contribution in [3.63, 3.8) is 0 Å². The van der Waals surface area contributed by atoms with Gasteiger partial charge in [-0.15, -0.1) is 0 Å². The zero-order valence-electron chi connectivity index (χ0n) is 11.9. The average molecular weight is 402 g/mol. The summed E-state index contributed by atoms with van der Waals surface area (Å²) in [5, 5.41) is 4.07. The Kier molecular flexibility index (Phi) is 6.26. The first-order chi connectivity index (χ1) is 10.5. The number of para-hydroxylation sites is 1. The highest BCUT2D eigenvalue weighted by Crippen LogP contribution is 2.23. The number of hydrogen-bond donors (Lipinski definition) is 1. The van der Waals surface area contributed by atoms with E-state index >= 15 is 0 Å². The van der Waals surface area contributed by atoms with Gasteiger partial charge in [0.05, 0.1) is 12.2 Å². The Hall–Kier alpha value is -1.07. The SMILES string of the molecule is CN(CC(=O)Nc1ccccc1Br)Cc1ccc(Cl)cc1Cl. The third kappa shape index (κ3) is 4.99. The van der Waals surface area contributed by atoms with Crippen molar-refractivity contribution in [2.75, 3.05) is 18.9 Å². The van der Waals surface area contributed by atoms with Crippen molar-refractivity contribution in [1.82, 2.24) is 4.90 Å². The van der Waals surface area contributed by atoms with Crippen molar-refractivity contribution in [3.05, 3.63) is 62.5 Å². The largest absolute Gasteiger partial charge is 0.324 e. The second-order valence-corrected chi connectivity index (χ2v) is 6.63. The minimum atomic E-state index is -0.0838. The van der Waals surface area contributed by atoms with Gasteiger partial charge in [-0.25, -0.2) is 0 Å². The van der Waals surface area contributed by atoms with Gasteiger partial charge < -0.3 is 5.32 Å². The highest BCUT2D eigenvalue weighted by molar-refractivity contribution is 9.10. The lowest BCUT2D eigenvalue weighted by Crippen LogP contribution is -2.30. The topological polar surface area (TPSA) is 32.3 Å². The van der Waals surface area contributed by atoms with Crippen LogP contribution in [0.15, 0.2) is 46.9 Å². The summed E-state index contributed by atoms with van der Waals surface area (Å²) in [5.74, 6) is -0.0838. The maximum Gasteiger partial charge on any atom is 0.238 e. The van der Waals surface area contributed by atoms with Crippen LogP contribution in [-0.2, 0) is 11.3 Å². The van der Waals surface area contributed by atoms with Gasteiger partial charge in [0.25, 0.3) is 0 Å². The molecule has 0 aliphatic rings. The molecule has 0 bridgehead atoms. The van der Waals surface area contributed by atoms with E-state index in [-0.39, 0.29) is 12.5 Å². The van der Waals surface area contributed by atoms with Gasteiger partial charge in [-0.3, -0.25) is 9.69 Å². The van der Waals surface area contributed by atoms with Gasteiger partial charge >= 0.3 is 0 Å². The van der Waals surface area contributed by atoms with Crippen molar-refractivity contribution in [2.24, 2.45) is 0 Å². The van der Waals surface area contributed by atoms with Gasteiger partial charge in [0.15, 0.2) is 0 Å². The molecule has 116 valence electrons. The zero-order chi connectivity index (χ0) is 16.1. The van der Waals surface area contributed by atoms with Crippen molar-refractivity contribution < 1.29 is 4.79 Å². The fourth-order valence-electron chi connectivity index (χ4n) is 1.99. The third-order valence-corrected chi connectivity index (χ3v) is 4.30. The Bertz CT molecular complexity index is 679. The molecule has 6 heteroatoms. The van der Waals surface area contributed by atoms with Crippen molar-refractivity contribution in [1.29, 1.82) is 0 Å². The molecule has 0 spiro atoms. The number of hydrogen-bond acceptors (Lipinski definition) is 2. The maximum atomic E-state index is 12.1. The molecular weight excluding hydrogens is 387 g/mol. The number of nitrogens with one attached hydrogen (secondary N) is 1. The van der Waals surface area contributed by atoms with Crippen LogP contribution in [0.25, 0.3) is 0 Å². The molecule has 3 nitrogen and oxygen atoms in total. The monoisotopic (exact) mass is 400 g/mol. The molecule has 0 aliphatic carbocycles. The molecule has 0 fully saturated rings. The lowest BCUT2D eigenvalue weighted by molar-refractivity contribution is -0.117. The second kappa shape index (κ2) is 7.97. The van der Waals surface area contributed by atoms with Crippen LogP contribution in [0.3, 0.4) is 0 Å². The molecule has 0 unspecified atom stereocenters. The molecule has 1 N–H and O–H groups in total. The normalized spacial score (nSPS) is 10.8. The summed E-state index contributed by atoms with van der Waals surface area (Å²) < 4.78 is 0.853. The molecule has 0 aliphatic heterocycles. The fraction of sp³-hybridized carbons (Fsp3) is 0.188. The van der Waals surface area contributed by atoms with Crippen LogP contribution in [0, 0.1) is 0 Å². The summed E-state index contributed by atoms with van der Waals surface area (Å²) in [4.78, 5) is 14.0. The van der Waals surface area contributed by atoms with E-state index in [2.05, 4.69) is 21.2 Å². The van der Waals surface area contributed by atoms with Crippen LogP contribution < -0.4 is 5.32 Å². The number of amides is 1.